The van der Waals surface area contributed by atoms with Crippen molar-refractivity contribution in [3.05, 3.63) is 0 Å². The normalized spacial score (nSPS) is 25.6. The van der Waals surface area contributed by atoms with Crippen LogP contribution in [0.1, 0.15) is 40.5 Å². The van der Waals surface area contributed by atoms with Crippen LogP contribution in [0.25, 0.3) is 0 Å². The summed E-state index contributed by atoms with van der Waals surface area (Å²) in [7, 11) is 0. The second-order valence-corrected chi connectivity index (χ2v) is 5.51. The van der Waals surface area contributed by atoms with Gasteiger partial charge in [0.2, 0.25) is 0 Å². The number of alkyl carbamates (subject to hydrolysis) is 1. The van der Waals surface area contributed by atoms with E-state index in [1.54, 1.807) is 27.7 Å². The van der Waals surface area contributed by atoms with Gasteiger partial charge in [-0.05, 0) is 40.5 Å². The molecule has 1 aliphatic heterocycles. The predicted octanol–water partition coefficient (Wildman–Crippen LogP) is 1.53. The molecule has 0 aliphatic carbocycles. The molecule has 0 aromatic carbocycles. The maximum absolute atomic E-state index is 11.5. The lowest BCUT2D eigenvalue weighted by Gasteiger charge is -2.24. The third-order valence-electron chi connectivity index (χ3n) is 2.63. The SMILES string of the molecule is C[C@@H](NC(=O)OC(C)(C)C)[C@@H]1CC[C@H](C(=O)O)O1. The summed E-state index contributed by atoms with van der Waals surface area (Å²) in [6.45, 7) is 7.12. The molecular weight excluding hydrogens is 238 g/mol. The van der Waals surface area contributed by atoms with Crippen molar-refractivity contribution in [2.24, 2.45) is 0 Å². The highest BCUT2D eigenvalue weighted by atomic mass is 16.6. The minimum absolute atomic E-state index is 0.274. The lowest BCUT2D eigenvalue weighted by molar-refractivity contribution is -0.149. The summed E-state index contributed by atoms with van der Waals surface area (Å²) in [6, 6.07) is -0.274. The summed E-state index contributed by atoms with van der Waals surface area (Å²) in [5, 5.41) is 11.5. The summed E-state index contributed by atoms with van der Waals surface area (Å²) >= 11 is 0. The van der Waals surface area contributed by atoms with Crippen LogP contribution in [0.5, 0.6) is 0 Å². The Balaban J connectivity index is 2.40. The molecule has 6 heteroatoms. The maximum atomic E-state index is 11.5. The van der Waals surface area contributed by atoms with Gasteiger partial charge in [-0.1, -0.05) is 0 Å². The molecule has 1 fully saturated rings. The Hall–Kier alpha value is -1.30. The van der Waals surface area contributed by atoms with Gasteiger partial charge in [0.1, 0.15) is 5.60 Å². The number of carboxylic acids is 1. The highest BCUT2D eigenvalue weighted by Crippen LogP contribution is 2.22. The maximum Gasteiger partial charge on any atom is 0.407 e. The molecular formula is C12H21NO5. The van der Waals surface area contributed by atoms with Crippen molar-refractivity contribution in [2.75, 3.05) is 0 Å². The first-order chi connectivity index (χ1) is 8.19. The van der Waals surface area contributed by atoms with Gasteiger partial charge in [0.15, 0.2) is 6.10 Å². The van der Waals surface area contributed by atoms with E-state index < -0.39 is 23.8 Å². The van der Waals surface area contributed by atoms with Gasteiger partial charge in [-0.25, -0.2) is 9.59 Å². The van der Waals surface area contributed by atoms with Crippen LogP contribution in [0.15, 0.2) is 0 Å². The van der Waals surface area contributed by atoms with Crippen LogP contribution < -0.4 is 5.32 Å². The average molecular weight is 259 g/mol. The van der Waals surface area contributed by atoms with Gasteiger partial charge in [-0.15, -0.1) is 0 Å². The molecule has 0 saturated carbocycles. The highest BCUT2D eigenvalue weighted by molar-refractivity contribution is 5.72. The lowest BCUT2D eigenvalue weighted by Crippen LogP contribution is -2.43. The van der Waals surface area contributed by atoms with E-state index in [0.717, 1.165) is 0 Å². The number of rotatable bonds is 3. The molecule has 0 bridgehead atoms. The number of amides is 1. The fraction of sp³-hybridized carbons (Fsp3) is 0.833. The molecule has 18 heavy (non-hydrogen) atoms. The molecule has 1 rings (SSSR count). The summed E-state index contributed by atoms with van der Waals surface area (Å²) < 4.78 is 10.5. The zero-order valence-electron chi connectivity index (χ0n) is 11.2. The first-order valence-electron chi connectivity index (χ1n) is 6.07. The standard InChI is InChI=1S/C12H21NO5/c1-7(13-11(16)18-12(2,3)4)8-5-6-9(17-8)10(14)15/h7-9H,5-6H2,1-4H3,(H,13,16)(H,14,15)/t7-,8+,9-/m1/s1. The molecule has 3 atom stereocenters. The Morgan fingerprint density at radius 2 is 2.00 bits per heavy atom. The molecule has 0 spiro atoms. The Morgan fingerprint density at radius 3 is 2.44 bits per heavy atom. The topological polar surface area (TPSA) is 84.9 Å². The van der Waals surface area contributed by atoms with E-state index in [1.165, 1.54) is 0 Å². The van der Waals surface area contributed by atoms with Gasteiger partial charge in [0.25, 0.3) is 0 Å². The molecule has 0 unspecified atom stereocenters. The van der Waals surface area contributed by atoms with Crippen LogP contribution in [-0.4, -0.2) is 41.0 Å². The summed E-state index contributed by atoms with van der Waals surface area (Å²) in [5.41, 5.74) is -0.552. The van der Waals surface area contributed by atoms with Gasteiger partial charge < -0.3 is 19.9 Å². The molecule has 1 saturated heterocycles. The minimum Gasteiger partial charge on any atom is -0.479 e. The van der Waals surface area contributed by atoms with E-state index in [9.17, 15) is 9.59 Å². The van der Waals surface area contributed by atoms with E-state index in [4.69, 9.17) is 14.6 Å². The molecule has 104 valence electrons. The van der Waals surface area contributed by atoms with Crippen LogP contribution in [0.4, 0.5) is 4.79 Å². The Bertz CT molecular complexity index is 323. The molecule has 1 heterocycles. The van der Waals surface area contributed by atoms with E-state index >= 15 is 0 Å². The third kappa shape index (κ3) is 4.52. The van der Waals surface area contributed by atoms with E-state index in [-0.39, 0.29) is 12.1 Å². The monoisotopic (exact) mass is 259 g/mol. The van der Waals surface area contributed by atoms with Crippen LogP contribution >= 0.6 is 0 Å². The van der Waals surface area contributed by atoms with E-state index in [0.29, 0.717) is 12.8 Å². The predicted molar refractivity (Wildman–Crippen MR) is 64.4 cm³/mol. The molecule has 0 radical (unpaired) electrons. The first-order valence-corrected chi connectivity index (χ1v) is 6.07. The van der Waals surface area contributed by atoms with Crippen molar-refractivity contribution in [3.63, 3.8) is 0 Å². The zero-order chi connectivity index (χ0) is 13.9. The average Bonchev–Trinajstić information content (AvgIpc) is 2.62. The second kappa shape index (κ2) is 5.56. The van der Waals surface area contributed by atoms with Gasteiger partial charge >= 0.3 is 12.1 Å². The van der Waals surface area contributed by atoms with Crippen molar-refractivity contribution >= 4 is 12.1 Å². The van der Waals surface area contributed by atoms with Crippen LogP contribution in [-0.2, 0) is 14.3 Å². The molecule has 6 nitrogen and oxygen atoms in total. The van der Waals surface area contributed by atoms with Gasteiger partial charge in [0.05, 0.1) is 12.1 Å². The van der Waals surface area contributed by atoms with Crippen molar-refractivity contribution in [1.29, 1.82) is 0 Å². The van der Waals surface area contributed by atoms with Crippen molar-refractivity contribution in [3.8, 4) is 0 Å². The number of carbonyl (C=O) groups is 2. The molecule has 0 aromatic rings. The minimum atomic E-state index is -0.957. The summed E-state index contributed by atoms with van der Waals surface area (Å²) in [5.74, 6) is -0.957. The summed E-state index contributed by atoms with van der Waals surface area (Å²) in [4.78, 5) is 22.3. The first kappa shape index (κ1) is 14.8. The van der Waals surface area contributed by atoms with Crippen molar-refractivity contribution in [2.45, 2.75) is 64.4 Å². The number of ether oxygens (including phenoxy) is 2. The lowest BCUT2D eigenvalue weighted by atomic mass is 10.1. The number of hydrogen-bond donors (Lipinski definition) is 2. The molecule has 1 aliphatic rings. The Labute approximate surface area is 107 Å². The second-order valence-electron chi connectivity index (χ2n) is 5.51. The number of carboxylic acid groups (broad SMARTS) is 1. The highest BCUT2D eigenvalue weighted by Gasteiger charge is 2.34. The Morgan fingerprint density at radius 1 is 1.39 bits per heavy atom. The fourth-order valence-corrected chi connectivity index (χ4v) is 1.80. The van der Waals surface area contributed by atoms with Crippen LogP contribution in [0.2, 0.25) is 0 Å². The molecule has 0 aromatic heterocycles. The van der Waals surface area contributed by atoms with E-state index in [1.807, 2.05) is 0 Å². The smallest absolute Gasteiger partial charge is 0.407 e. The summed E-state index contributed by atoms with van der Waals surface area (Å²) in [6.07, 6.45) is -0.470. The largest absolute Gasteiger partial charge is 0.479 e. The van der Waals surface area contributed by atoms with Gasteiger partial charge in [-0.2, -0.15) is 0 Å². The number of nitrogens with one attached hydrogen (secondary N) is 1. The van der Waals surface area contributed by atoms with Crippen molar-refractivity contribution in [1.82, 2.24) is 5.32 Å². The molecule has 1 amide bonds. The van der Waals surface area contributed by atoms with Gasteiger partial charge in [0, 0.05) is 0 Å². The number of hydrogen-bond acceptors (Lipinski definition) is 4. The van der Waals surface area contributed by atoms with Gasteiger partial charge in [-0.3, -0.25) is 0 Å². The fourth-order valence-electron chi connectivity index (χ4n) is 1.80. The third-order valence-corrected chi connectivity index (χ3v) is 2.63. The zero-order valence-corrected chi connectivity index (χ0v) is 11.2. The quantitative estimate of drug-likeness (QED) is 0.803. The van der Waals surface area contributed by atoms with E-state index in [2.05, 4.69) is 5.32 Å². The number of aliphatic carboxylic acids is 1. The van der Waals surface area contributed by atoms with Crippen LogP contribution in [0.3, 0.4) is 0 Å². The molecule has 2 N–H and O–H groups in total. The Kier molecular flexibility index (Phi) is 4.56. The van der Waals surface area contributed by atoms with Crippen molar-refractivity contribution < 1.29 is 24.2 Å². The number of carbonyl (C=O) groups excluding carboxylic acids is 1. The van der Waals surface area contributed by atoms with Crippen LogP contribution in [0, 0.1) is 0 Å².